The molecule has 1 nitrogen and oxygen atoms in total. The maximum Gasteiger partial charge on any atom is 0.104 e. The summed E-state index contributed by atoms with van der Waals surface area (Å²) >= 11 is 6.67. The first-order valence-electron chi connectivity index (χ1n) is 9.82. The number of hydrogen-bond acceptors (Lipinski definition) is 1. The number of aliphatic hydroxyl groups is 1. The molecule has 26 heavy (non-hydrogen) atoms. The second-order valence-electron chi connectivity index (χ2n) is 7.35. The molecule has 3 rings (SSSR count). The number of aliphatic hydroxyl groups excluding tert-OH is 1. The highest BCUT2D eigenvalue weighted by Crippen LogP contribution is 2.45. The molecule has 0 heterocycles. The van der Waals surface area contributed by atoms with Crippen molar-refractivity contribution in [3.8, 4) is 0 Å². The molecule has 1 N–H and O–H groups in total. The summed E-state index contributed by atoms with van der Waals surface area (Å²) in [5, 5.41) is 10.8. The lowest BCUT2D eigenvalue weighted by Crippen LogP contribution is -2.13. The van der Waals surface area contributed by atoms with Crippen molar-refractivity contribution < 1.29 is 5.11 Å². The zero-order valence-electron chi connectivity index (χ0n) is 15.5. The van der Waals surface area contributed by atoms with Crippen molar-refractivity contribution in [1.29, 1.82) is 0 Å². The predicted molar refractivity (Wildman–Crippen MR) is 111 cm³/mol. The standard InChI is InChI=1S/C24H29ClO/c1-2-3-4-6-9-18-16-17-22(25)23(18)19-12-14-21(15-13-19)24(26)20-10-7-5-8-11-20/h4-8,10-15,18,22-24,26H,2-3,9,16-17H2,1H3/b6-4-. The normalized spacial score (nSPS) is 24.2. The van der Waals surface area contributed by atoms with E-state index in [1.807, 2.05) is 30.3 Å². The summed E-state index contributed by atoms with van der Waals surface area (Å²) in [4.78, 5) is 0. The summed E-state index contributed by atoms with van der Waals surface area (Å²) in [5.41, 5.74) is 3.17. The molecule has 2 aromatic rings. The molecule has 2 heteroatoms. The summed E-state index contributed by atoms with van der Waals surface area (Å²) < 4.78 is 0. The first kappa shape index (κ1) is 19.2. The predicted octanol–water partition coefficient (Wildman–Crippen LogP) is 6.62. The fraction of sp³-hybridized carbons (Fsp3) is 0.417. The van der Waals surface area contributed by atoms with Gasteiger partial charge in [-0.15, -0.1) is 11.6 Å². The summed E-state index contributed by atoms with van der Waals surface area (Å²) in [6.45, 7) is 2.21. The highest BCUT2D eigenvalue weighted by Gasteiger charge is 2.35. The molecule has 1 fully saturated rings. The number of alkyl halides is 1. The van der Waals surface area contributed by atoms with Crippen LogP contribution in [0, 0.1) is 5.92 Å². The van der Waals surface area contributed by atoms with Crippen LogP contribution in [0.25, 0.3) is 0 Å². The first-order chi connectivity index (χ1) is 12.7. The fourth-order valence-corrected chi connectivity index (χ4v) is 4.53. The van der Waals surface area contributed by atoms with E-state index in [2.05, 4.69) is 43.3 Å². The Morgan fingerprint density at radius 2 is 1.69 bits per heavy atom. The lowest BCUT2D eigenvalue weighted by Gasteiger charge is -2.22. The van der Waals surface area contributed by atoms with Crippen LogP contribution < -0.4 is 0 Å². The smallest absolute Gasteiger partial charge is 0.104 e. The maximum absolute atomic E-state index is 10.6. The molecule has 2 aromatic carbocycles. The minimum absolute atomic E-state index is 0.212. The number of unbranched alkanes of at least 4 members (excludes halogenated alkanes) is 1. The molecule has 0 bridgehead atoms. The summed E-state index contributed by atoms with van der Waals surface area (Å²) in [5.74, 6) is 1.03. The lowest BCUT2D eigenvalue weighted by molar-refractivity contribution is 0.220. The van der Waals surface area contributed by atoms with E-state index in [4.69, 9.17) is 11.6 Å². The summed E-state index contributed by atoms with van der Waals surface area (Å²) in [7, 11) is 0. The Kier molecular flexibility index (Phi) is 6.93. The van der Waals surface area contributed by atoms with Gasteiger partial charge in [-0.3, -0.25) is 0 Å². The Balaban J connectivity index is 1.72. The van der Waals surface area contributed by atoms with Gasteiger partial charge in [0, 0.05) is 11.3 Å². The van der Waals surface area contributed by atoms with E-state index in [1.165, 1.54) is 18.4 Å². The van der Waals surface area contributed by atoms with Gasteiger partial charge in [-0.1, -0.05) is 80.1 Å². The second-order valence-corrected chi connectivity index (χ2v) is 7.92. The van der Waals surface area contributed by atoms with Crippen molar-refractivity contribution >= 4 is 11.6 Å². The zero-order chi connectivity index (χ0) is 18.4. The van der Waals surface area contributed by atoms with Crippen LogP contribution >= 0.6 is 11.6 Å². The van der Waals surface area contributed by atoms with Crippen LogP contribution in [0.2, 0.25) is 0 Å². The molecule has 1 aliphatic carbocycles. The van der Waals surface area contributed by atoms with Gasteiger partial charge in [0.05, 0.1) is 0 Å². The molecule has 4 atom stereocenters. The highest BCUT2D eigenvalue weighted by atomic mass is 35.5. The SMILES string of the molecule is CCC/C=C\CC1CCC(Cl)C1c1ccc(C(O)c2ccccc2)cc1. The van der Waals surface area contributed by atoms with Gasteiger partial charge in [-0.05, 0) is 48.3 Å². The Morgan fingerprint density at radius 1 is 1.00 bits per heavy atom. The molecule has 0 amide bonds. The number of rotatable bonds is 7. The van der Waals surface area contributed by atoms with Crippen molar-refractivity contribution in [2.45, 2.75) is 56.4 Å². The number of hydrogen-bond donors (Lipinski definition) is 1. The first-order valence-corrected chi connectivity index (χ1v) is 10.3. The van der Waals surface area contributed by atoms with Crippen LogP contribution in [0.15, 0.2) is 66.7 Å². The van der Waals surface area contributed by atoms with Crippen LogP contribution in [0.5, 0.6) is 0 Å². The van der Waals surface area contributed by atoms with Crippen molar-refractivity contribution in [1.82, 2.24) is 0 Å². The molecule has 1 aliphatic rings. The highest BCUT2D eigenvalue weighted by molar-refractivity contribution is 6.21. The van der Waals surface area contributed by atoms with Gasteiger partial charge in [0.15, 0.2) is 0 Å². The molecule has 0 aliphatic heterocycles. The van der Waals surface area contributed by atoms with E-state index in [9.17, 15) is 5.11 Å². The lowest BCUT2D eigenvalue weighted by atomic mass is 9.85. The van der Waals surface area contributed by atoms with Gasteiger partial charge in [0.25, 0.3) is 0 Å². The van der Waals surface area contributed by atoms with Crippen molar-refractivity contribution in [2.75, 3.05) is 0 Å². The number of halogens is 1. The Bertz CT molecular complexity index is 692. The summed E-state index contributed by atoms with van der Waals surface area (Å²) in [6, 6.07) is 18.2. The quantitative estimate of drug-likeness (QED) is 0.430. The van der Waals surface area contributed by atoms with E-state index < -0.39 is 6.10 Å². The monoisotopic (exact) mass is 368 g/mol. The van der Waals surface area contributed by atoms with Crippen molar-refractivity contribution in [2.24, 2.45) is 5.92 Å². The topological polar surface area (TPSA) is 20.2 Å². The largest absolute Gasteiger partial charge is 0.384 e. The molecule has 0 radical (unpaired) electrons. The van der Waals surface area contributed by atoms with Gasteiger partial charge < -0.3 is 5.11 Å². The maximum atomic E-state index is 10.6. The van der Waals surface area contributed by atoms with Crippen LogP contribution in [0.3, 0.4) is 0 Å². The van der Waals surface area contributed by atoms with Gasteiger partial charge in [0.1, 0.15) is 6.10 Å². The molecular formula is C24H29ClO. The average Bonchev–Trinajstić information content (AvgIpc) is 3.06. The van der Waals surface area contributed by atoms with Crippen LogP contribution in [-0.4, -0.2) is 10.5 Å². The third-order valence-electron chi connectivity index (χ3n) is 5.52. The number of benzene rings is 2. The molecule has 4 unspecified atom stereocenters. The second kappa shape index (κ2) is 9.39. The third kappa shape index (κ3) is 4.58. The molecule has 1 saturated carbocycles. The van der Waals surface area contributed by atoms with Crippen LogP contribution in [-0.2, 0) is 0 Å². The molecular weight excluding hydrogens is 340 g/mol. The van der Waals surface area contributed by atoms with Gasteiger partial charge >= 0.3 is 0 Å². The third-order valence-corrected chi connectivity index (χ3v) is 6.01. The minimum Gasteiger partial charge on any atom is -0.384 e. The van der Waals surface area contributed by atoms with Gasteiger partial charge in [-0.25, -0.2) is 0 Å². The fourth-order valence-electron chi connectivity index (χ4n) is 4.06. The zero-order valence-corrected chi connectivity index (χ0v) is 16.3. The van der Waals surface area contributed by atoms with Gasteiger partial charge in [-0.2, -0.15) is 0 Å². The van der Waals surface area contributed by atoms with Crippen LogP contribution in [0.4, 0.5) is 0 Å². The van der Waals surface area contributed by atoms with Crippen molar-refractivity contribution in [3.63, 3.8) is 0 Å². The molecule has 0 aromatic heterocycles. The van der Waals surface area contributed by atoms with Crippen molar-refractivity contribution in [3.05, 3.63) is 83.4 Å². The number of allylic oxidation sites excluding steroid dienone is 2. The Hall–Kier alpha value is -1.57. The van der Waals surface area contributed by atoms with E-state index >= 15 is 0 Å². The minimum atomic E-state index is -0.576. The van der Waals surface area contributed by atoms with E-state index in [-0.39, 0.29) is 5.38 Å². The van der Waals surface area contributed by atoms with Crippen LogP contribution in [0.1, 0.15) is 67.7 Å². The van der Waals surface area contributed by atoms with Gasteiger partial charge in [0.2, 0.25) is 0 Å². The van der Waals surface area contributed by atoms with E-state index in [0.29, 0.717) is 11.8 Å². The molecule has 0 spiro atoms. The van der Waals surface area contributed by atoms with E-state index in [0.717, 1.165) is 30.4 Å². The molecule has 138 valence electrons. The molecule has 0 saturated heterocycles. The Morgan fingerprint density at radius 3 is 2.38 bits per heavy atom. The van der Waals surface area contributed by atoms with E-state index in [1.54, 1.807) is 0 Å². The Labute approximate surface area is 162 Å². The average molecular weight is 369 g/mol. The summed E-state index contributed by atoms with van der Waals surface area (Å²) in [6.07, 6.45) is 9.83.